The number of carbonyl (C=O) groups is 1. The zero-order chi connectivity index (χ0) is 24.6. The van der Waals surface area contributed by atoms with E-state index in [-0.39, 0.29) is 23.9 Å². The van der Waals surface area contributed by atoms with Crippen LogP contribution in [0.1, 0.15) is 37.0 Å². The molecule has 1 aliphatic heterocycles. The summed E-state index contributed by atoms with van der Waals surface area (Å²) >= 11 is 0. The number of Topliss-reactive ketones (excluding diaryl/α,β-unsaturated/α-hetero) is 1. The summed E-state index contributed by atoms with van der Waals surface area (Å²) in [6, 6.07) is 6.50. The van der Waals surface area contributed by atoms with Crippen molar-refractivity contribution in [2.24, 2.45) is 12.8 Å². The summed E-state index contributed by atoms with van der Waals surface area (Å²) in [7, 11) is 1.57. The molecule has 3 aromatic rings. The number of fused-ring (bicyclic) bond motifs is 1. The molecule has 10 heteroatoms. The molecule has 1 unspecified atom stereocenters. The molecule has 1 aliphatic rings. The number of allylic oxidation sites excluding steroid dienone is 2. The van der Waals surface area contributed by atoms with Gasteiger partial charge in [0.25, 0.3) is 5.56 Å². The molecule has 4 rings (SSSR count). The maximum absolute atomic E-state index is 13.6. The number of imidazole rings is 1. The van der Waals surface area contributed by atoms with Gasteiger partial charge >= 0.3 is 5.69 Å². The van der Waals surface area contributed by atoms with Crippen molar-refractivity contribution in [3.63, 3.8) is 0 Å². The topological polar surface area (TPSA) is 134 Å². The highest BCUT2D eigenvalue weighted by Crippen LogP contribution is 2.23. The quantitative estimate of drug-likeness (QED) is 0.318. The Morgan fingerprint density at radius 1 is 1.24 bits per heavy atom. The summed E-state index contributed by atoms with van der Waals surface area (Å²) < 4.78 is 4.12. The number of piperidine rings is 1. The molecule has 1 saturated heterocycles. The van der Waals surface area contributed by atoms with Gasteiger partial charge in [0.1, 0.15) is 0 Å². The van der Waals surface area contributed by atoms with Gasteiger partial charge in [0, 0.05) is 44.0 Å². The van der Waals surface area contributed by atoms with E-state index in [9.17, 15) is 14.4 Å². The SMILES string of the molecule is CC(C)=CCn1c(N2CCCC(N)C2)nc2c1c(=O)n(CC(=O)c1cccc(N)c1)c(=O)n2C. The van der Waals surface area contributed by atoms with E-state index >= 15 is 0 Å². The number of hydrogen-bond donors (Lipinski definition) is 2. The van der Waals surface area contributed by atoms with Crippen LogP contribution in [0.2, 0.25) is 0 Å². The van der Waals surface area contributed by atoms with Crippen LogP contribution in [0.4, 0.5) is 11.6 Å². The lowest BCUT2D eigenvalue weighted by atomic mass is 10.1. The van der Waals surface area contributed by atoms with Crippen LogP contribution in [0.3, 0.4) is 0 Å². The number of anilines is 2. The van der Waals surface area contributed by atoms with Crippen LogP contribution in [-0.4, -0.2) is 43.6 Å². The monoisotopic (exact) mass is 465 g/mol. The third kappa shape index (κ3) is 4.41. The zero-order valence-electron chi connectivity index (χ0n) is 19.8. The summed E-state index contributed by atoms with van der Waals surface area (Å²) in [6.45, 7) is 5.37. The van der Waals surface area contributed by atoms with E-state index < -0.39 is 11.2 Å². The van der Waals surface area contributed by atoms with Crippen molar-refractivity contribution in [3.05, 3.63) is 62.3 Å². The third-order valence-electron chi connectivity index (χ3n) is 6.15. The number of nitrogen functional groups attached to an aromatic ring is 1. The van der Waals surface area contributed by atoms with Crippen LogP contribution in [0, 0.1) is 0 Å². The standard InChI is InChI=1S/C24H31N7O3/c1-15(2)9-11-30-20-21(27-23(30)29-10-5-8-18(26)13-29)28(3)24(34)31(22(20)33)14-19(32)16-6-4-7-17(25)12-16/h4,6-7,9,12,18H,5,8,10-11,13-14,25-26H2,1-3H3. The van der Waals surface area contributed by atoms with Crippen LogP contribution in [0.15, 0.2) is 45.5 Å². The first-order chi connectivity index (χ1) is 16.2. The van der Waals surface area contributed by atoms with E-state index in [0.29, 0.717) is 35.9 Å². The maximum atomic E-state index is 13.6. The Morgan fingerprint density at radius 2 is 2.00 bits per heavy atom. The van der Waals surface area contributed by atoms with Crippen LogP contribution in [-0.2, 0) is 20.1 Å². The molecular weight excluding hydrogens is 434 g/mol. The van der Waals surface area contributed by atoms with Crippen molar-refractivity contribution in [2.45, 2.75) is 45.8 Å². The van der Waals surface area contributed by atoms with Gasteiger partial charge in [-0.1, -0.05) is 23.8 Å². The lowest BCUT2D eigenvalue weighted by Crippen LogP contribution is -2.44. The van der Waals surface area contributed by atoms with E-state index in [4.69, 9.17) is 16.5 Å². The van der Waals surface area contributed by atoms with Crippen molar-refractivity contribution >= 4 is 28.6 Å². The molecule has 3 heterocycles. The summed E-state index contributed by atoms with van der Waals surface area (Å²) in [4.78, 5) is 46.4. The Morgan fingerprint density at radius 3 is 2.68 bits per heavy atom. The molecule has 0 saturated carbocycles. The Balaban J connectivity index is 1.88. The molecule has 0 aliphatic carbocycles. The number of carbonyl (C=O) groups excluding carboxylic acids is 1. The van der Waals surface area contributed by atoms with E-state index in [1.54, 1.807) is 25.2 Å². The smallest absolute Gasteiger partial charge is 0.332 e. The summed E-state index contributed by atoms with van der Waals surface area (Å²) in [5.41, 5.74) is 13.3. The maximum Gasteiger partial charge on any atom is 0.332 e. The van der Waals surface area contributed by atoms with Gasteiger partial charge in [0.15, 0.2) is 16.9 Å². The Kier molecular flexibility index (Phi) is 6.43. The molecule has 2 aromatic heterocycles. The molecule has 0 spiro atoms. The molecule has 1 atom stereocenters. The first kappa shape index (κ1) is 23.5. The molecule has 4 N–H and O–H groups in total. The fourth-order valence-electron chi connectivity index (χ4n) is 4.33. The molecule has 34 heavy (non-hydrogen) atoms. The van der Waals surface area contributed by atoms with Gasteiger partial charge in [-0.15, -0.1) is 0 Å². The van der Waals surface area contributed by atoms with Crippen molar-refractivity contribution in [1.29, 1.82) is 0 Å². The van der Waals surface area contributed by atoms with Gasteiger partial charge in [-0.3, -0.25) is 18.7 Å². The van der Waals surface area contributed by atoms with E-state index in [1.807, 2.05) is 24.5 Å². The van der Waals surface area contributed by atoms with E-state index in [2.05, 4.69) is 4.90 Å². The average Bonchev–Trinajstić information content (AvgIpc) is 3.19. The summed E-state index contributed by atoms with van der Waals surface area (Å²) in [6.07, 6.45) is 3.86. The highest BCUT2D eigenvalue weighted by atomic mass is 16.2. The van der Waals surface area contributed by atoms with Crippen LogP contribution < -0.4 is 27.6 Å². The van der Waals surface area contributed by atoms with E-state index in [1.165, 1.54) is 10.6 Å². The predicted octanol–water partition coefficient (Wildman–Crippen LogP) is 1.26. The van der Waals surface area contributed by atoms with Crippen LogP contribution >= 0.6 is 0 Å². The van der Waals surface area contributed by atoms with Gasteiger partial charge in [-0.2, -0.15) is 4.98 Å². The number of benzene rings is 1. The van der Waals surface area contributed by atoms with Gasteiger partial charge in [0.05, 0.1) is 6.54 Å². The number of aromatic nitrogens is 4. The minimum atomic E-state index is -0.594. The average molecular weight is 466 g/mol. The van der Waals surface area contributed by atoms with Crippen LogP contribution in [0.25, 0.3) is 11.2 Å². The first-order valence-electron chi connectivity index (χ1n) is 11.4. The second-order valence-corrected chi connectivity index (χ2v) is 9.11. The van der Waals surface area contributed by atoms with Crippen molar-refractivity contribution in [2.75, 3.05) is 23.7 Å². The van der Waals surface area contributed by atoms with Gasteiger partial charge in [0.2, 0.25) is 5.95 Å². The lowest BCUT2D eigenvalue weighted by Gasteiger charge is -2.31. The Bertz CT molecular complexity index is 1390. The summed E-state index contributed by atoms with van der Waals surface area (Å²) in [5, 5.41) is 0. The largest absolute Gasteiger partial charge is 0.399 e. The van der Waals surface area contributed by atoms with E-state index in [0.717, 1.165) is 29.5 Å². The molecule has 180 valence electrons. The second kappa shape index (κ2) is 9.30. The van der Waals surface area contributed by atoms with Crippen molar-refractivity contribution < 1.29 is 4.79 Å². The molecule has 0 radical (unpaired) electrons. The molecule has 1 aromatic carbocycles. The minimum Gasteiger partial charge on any atom is -0.399 e. The summed E-state index contributed by atoms with van der Waals surface area (Å²) in [5.74, 6) is 0.234. The van der Waals surface area contributed by atoms with Gasteiger partial charge < -0.3 is 20.9 Å². The van der Waals surface area contributed by atoms with Crippen molar-refractivity contribution in [1.82, 2.24) is 18.7 Å². The molecule has 1 fully saturated rings. The Labute approximate surface area is 197 Å². The Hall–Kier alpha value is -3.66. The fourth-order valence-corrected chi connectivity index (χ4v) is 4.33. The number of rotatable bonds is 6. The number of ketones is 1. The zero-order valence-corrected chi connectivity index (χ0v) is 19.8. The lowest BCUT2D eigenvalue weighted by molar-refractivity contribution is 0.0969. The van der Waals surface area contributed by atoms with Crippen LogP contribution in [0.5, 0.6) is 0 Å². The molecule has 0 amide bonds. The first-order valence-corrected chi connectivity index (χ1v) is 11.4. The number of hydrogen-bond acceptors (Lipinski definition) is 7. The molecule has 10 nitrogen and oxygen atoms in total. The highest BCUT2D eigenvalue weighted by molar-refractivity contribution is 5.96. The van der Waals surface area contributed by atoms with Crippen molar-refractivity contribution in [3.8, 4) is 0 Å². The van der Waals surface area contributed by atoms with Gasteiger partial charge in [-0.25, -0.2) is 4.79 Å². The molecule has 0 bridgehead atoms. The minimum absolute atomic E-state index is 0.0156. The third-order valence-corrected chi connectivity index (χ3v) is 6.15. The number of aryl methyl sites for hydroxylation is 1. The fraction of sp³-hybridized carbons (Fsp3) is 0.417. The normalized spacial score (nSPS) is 16.1. The predicted molar refractivity (Wildman–Crippen MR) is 133 cm³/mol. The number of nitrogens with zero attached hydrogens (tertiary/aromatic N) is 5. The van der Waals surface area contributed by atoms with Gasteiger partial charge in [-0.05, 0) is 38.8 Å². The number of nitrogens with two attached hydrogens (primary N) is 2. The molecular formula is C24H31N7O3. The second-order valence-electron chi connectivity index (χ2n) is 9.11. The highest BCUT2D eigenvalue weighted by Gasteiger charge is 2.26.